The van der Waals surface area contributed by atoms with E-state index in [1.807, 2.05) is 50.5 Å². The number of aromatic nitrogens is 1. The smallest absolute Gasteiger partial charge is 0.319 e. The van der Waals surface area contributed by atoms with Gasteiger partial charge in [-0.05, 0) is 43.9 Å². The zero-order valence-corrected chi connectivity index (χ0v) is 18.6. The van der Waals surface area contributed by atoms with E-state index in [1.54, 1.807) is 11.0 Å². The Balaban J connectivity index is 1.48. The number of anilines is 3. The highest BCUT2D eigenvalue weighted by Gasteiger charge is 2.30. The Hall–Kier alpha value is -2.99. The fourth-order valence-corrected chi connectivity index (χ4v) is 4.66. The van der Waals surface area contributed by atoms with Gasteiger partial charge in [0.05, 0.1) is 16.2 Å². The molecule has 4 rings (SSSR count). The van der Waals surface area contributed by atoms with Gasteiger partial charge in [-0.15, -0.1) is 0 Å². The Labute approximate surface area is 188 Å². The molecule has 6 nitrogen and oxygen atoms in total. The third-order valence-electron chi connectivity index (χ3n) is 5.94. The minimum atomic E-state index is -0.462. The van der Waals surface area contributed by atoms with Gasteiger partial charge in [-0.2, -0.15) is 0 Å². The molecule has 0 bridgehead atoms. The molecular weight excluding hydrogens is 410 g/mol. The second kappa shape index (κ2) is 9.02. The Morgan fingerprint density at radius 3 is 2.39 bits per heavy atom. The second-order valence-electron chi connectivity index (χ2n) is 8.25. The summed E-state index contributed by atoms with van der Waals surface area (Å²) in [5.74, 6) is 0.878. The molecule has 0 atom stereocenters. The lowest BCUT2D eigenvalue weighted by Gasteiger charge is -2.36. The van der Waals surface area contributed by atoms with Crippen LogP contribution in [0.4, 0.5) is 22.0 Å². The summed E-state index contributed by atoms with van der Waals surface area (Å²) in [7, 11) is 4.09. The summed E-state index contributed by atoms with van der Waals surface area (Å²) in [5.41, 5.74) is 8.52. The van der Waals surface area contributed by atoms with Crippen molar-refractivity contribution in [3.8, 4) is 0 Å². The molecule has 2 amide bonds. The topological polar surface area (TPSA) is 74.5 Å². The van der Waals surface area contributed by atoms with Gasteiger partial charge in [0, 0.05) is 43.3 Å². The van der Waals surface area contributed by atoms with Gasteiger partial charge in [-0.1, -0.05) is 41.9 Å². The van der Waals surface area contributed by atoms with Crippen LogP contribution in [-0.4, -0.2) is 37.2 Å². The minimum Gasteiger partial charge on any atom is -0.377 e. The van der Waals surface area contributed by atoms with E-state index < -0.39 is 6.03 Å². The van der Waals surface area contributed by atoms with Gasteiger partial charge >= 0.3 is 6.03 Å². The molecular formula is C24H28ClN5O. The molecule has 3 aromatic rings. The van der Waals surface area contributed by atoms with Crippen LogP contribution in [-0.2, 0) is 0 Å². The number of nitrogens with two attached hydrogens (primary N) is 1. The summed E-state index contributed by atoms with van der Waals surface area (Å²) < 4.78 is 0. The summed E-state index contributed by atoms with van der Waals surface area (Å²) in [4.78, 5) is 20.8. The maximum atomic E-state index is 12.2. The van der Waals surface area contributed by atoms with E-state index in [0.717, 1.165) is 48.1 Å². The van der Waals surface area contributed by atoms with Gasteiger partial charge < -0.3 is 16.0 Å². The van der Waals surface area contributed by atoms with E-state index in [4.69, 9.17) is 22.3 Å². The van der Waals surface area contributed by atoms with Crippen LogP contribution < -0.4 is 20.9 Å². The summed E-state index contributed by atoms with van der Waals surface area (Å²) in [6, 6.07) is 17.5. The molecule has 3 N–H and O–H groups in total. The number of para-hydroxylation sites is 2. The molecule has 0 radical (unpaired) electrons. The zero-order chi connectivity index (χ0) is 22.0. The van der Waals surface area contributed by atoms with E-state index in [2.05, 4.69) is 22.3 Å². The van der Waals surface area contributed by atoms with Crippen molar-refractivity contribution >= 4 is 45.7 Å². The molecule has 31 heavy (non-hydrogen) atoms. The largest absolute Gasteiger partial charge is 0.377 e. The molecule has 1 aliphatic carbocycles. The van der Waals surface area contributed by atoms with Gasteiger partial charge in [0.15, 0.2) is 0 Å². The molecule has 7 heteroatoms. The third-order valence-corrected chi connectivity index (χ3v) is 6.26. The highest BCUT2D eigenvalue weighted by atomic mass is 35.5. The summed E-state index contributed by atoms with van der Waals surface area (Å²) in [6.45, 7) is 0. The normalized spacial score (nSPS) is 18.5. The van der Waals surface area contributed by atoms with Crippen LogP contribution in [0.15, 0.2) is 54.6 Å². The predicted octanol–water partition coefficient (Wildman–Crippen LogP) is 5.26. The lowest BCUT2D eigenvalue weighted by molar-refractivity contribution is 0.248. The number of primary amides is 1. The fourth-order valence-electron chi connectivity index (χ4n) is 4.43. The van der Waals surface area contributed by atoms with E-state index >= 15 is 0 Å². The zero-order valence-electron chi connectivity index (χ0n) is 17.9. The second-order valence-corrected chi connectivity index (χ2v) is 8.65. The first kappa shape index (κ1) is 21.2. The number of carbonyl (C=O) groups is 1. The number of rotatable bonds is 5. The number of nitrogens with zero attached hydrogens (tertiary/aromatic N) is 3. The molecule has 2 aromatic carbocycles. The maximum absolute atomic E-state index is 12.2. The van der Waals surface area contributed by atoms with Crippen LogP contribution in [0.2, 0.25) is 5.02 Å². The molecule has 0 unspecified atom stereocenters. The number of benzene rings is 2. The number of hydrogen-bond acceptors (Lipinski definition) is 4. The standard InChI is InChI=1S/C24H28ClN5O/c1-29(2)22-15-23(28-20-9-5-3-7-18(20)22)27-16-11-13-17(14-12-16)30(24(26)31)21-10-6-4-8-19(21)25/h3-10,15-17H,11-14H2,1-2H3,(H2,26,31)(H,27,28)/t16-,17+. The highest BCUT2D eigenvalue weighted by Crippen LogP contribution is 2.33. The van der Waals surface area contributed by atoms with Crippen molar-refractivity contribution in [2.45, 2.75) is 37.8 Å². The Morgan fingerprint density at radius 1 is 1.03 bits per heavy atom. The maximum Gasteiger partial charge on any atom is 0.319 e. The van der Waals surface area contributed by atoms with Crippen LogP contribution in [0.5, 0.6) is 0 Å². The molecule has 0 spiro atoms. The monoisotopic (exact) mass is 437 g/mol. The predicted molar refractivity (Wildman–Crippen MR) is 129 cm³/mol. The molecule has 1 saturated carbocycles. The van der Waals surface area contributed by atoms with Crippen molar-refractivity contribution in [3.05, 3.63) is 59.6 Å². The van der Waals surface area contributed by atoms with Crippen LogP contribution in [0.3, 0.4) is 0 Å². The van der Waals surface area contributed by atoms with Crippen LogP contribution in [0.25, 0.3) is 10.9 Å². The van der Waals surface area contributed by atoms with Crippen molar-refractivity contribution in [1.82, 2.24) is 4.98 Å². The number of hydrogen-bond donors (Lipinski definition) is 2. The van der Waals surface area contributed by atoms with E-state index in [-0.39, 0.29) is 6.04 Å². The molecule has 1 fully saturated rings. The molecule has 1 aromatic heterocycles. The number of fused-ring (bicyclic) bond motifs is 1. The molecule has 1 aliphatic rings. The third kappa shape index (κ3) is 4.54. The quantitative estimate of drug-likeness (QED) is 0.570. The number of urea groups is 1. The number of carbonyl (C=O) groups excluding carboxylic acids is 1. The van der Waals surface area contributed by atoms with Crippen LogP contribution in [0.1, 0.15) is 25.7 Å². The first-order chi connectivity index (χ1) is 14.9. The minimum absolute atomic E-state index is 0.0392. The Morgan fingerprint density at radius 2 is 1.71 bits per heavy atom. The Bertz CT molecular complexity index is 1080. The molecule has 0 aliphatic heterocycles. The Kier molecular flexibility index (Phi) is 6.18. The van der Waals surface area contributed by atoms with E-state index in [1.165, 1.54) is 0 Å². The van der Waals surface area contributed by atoms with Crippen LogP contribution in [0, 0.1) is 0 Å². The lowest BCUT2D eigenvalue weighted by Crippen LogP contribution is -2.47. The van der Waals surface area contributed by atoms with Gasteiger partial charge in [-0.3, -0.25) is 4.90 Å². The SMILES string of the molecule is CN(C)c1cc(N[C@H]2CC[C@@H](N(C(N)=O)c3ccccc3Cl)CC2)nc2ccccc12. The van der Waals surface area contributed by atoms with Crippen molar-refractivity contribution in [2.24, 2.45) is 5.73 Å². The first-order valence-electron chi connectivity index (χ1n) is 10.6. The molecule has 0 saturated heterocycles. The number of amides is 2. The fraction of sp³-hybridized carbons (Fsp3) is 0.333. The number of nitrogens with one attached hydrogen (secondary N) is 1. The molecule has 1 heterocycles. The summed E-state index contributed by atoms with van der Waals surface area (Å²) >= 11 is 6.33. The van der Waals surface area contributed by atoms with Crippen molar-refractivity contribution < 1.29 is 4.79 Å². The van der Waals surface area contributed by atoms with Crippen molar-refractivity contribution in [2.75, 3.05) is 29.2 Å². The van der Waals surface area contributed by atoms with Gasteiger partial charge in [0.1, 0.15) is 5.82 Å². The first-order valence-corrected chi connectivity index (χ1v) is 11.0. The van der Waals surface area contributed by atoms with E-state index in [9.17, 15) is 4.79 Å². The average molecular weight is 438 g/mol. The summed E-state index contributed by atoms with van der Waals surface area (Å²) in [6.07, 6.45) is 3.54. The highest BCUT2D eigenvalue weighted by molar-refractivity contribution is 6.33. The molecule has 162 valence electrons. The van der Waals surface area contributed by atoms with Crippen LogP contribution >= 0.6 is 11.6 Å². The average Bonchev–Trinajstić information content (AvgIpc) is 2.75. The van der Waals surface area contributed by atoms with Gasteiger partial charge in [0.25, 0.3) is 0 Å². The van der Waals surface area contributed by atoms with E-state index in [0.29, 0.717) is 16.8 Å². The number of pyridine rings is 1. The number of halogens is 1. The van der Waals surface area contributed by atoms with Crippen molar-refractivity contribution in [1.29, 1.82) is 0 Å². The van der Waals surface area contributed by atoms with Crippen molar-refractivity contribution in [3.63, 3.8) is 0 Å². The summed E-state index contributed by atoms with van der Waals surface area (Å²) in [5, 5.41) is 5.29. The van der Waals surface area contributed by atoms with Gasteiger partial charge in [-0.25, -0.2) is 9.78 Å². The lowest BCUT2D eigenvalue weighted by atomic mass is 9.90. The van der Waals surface area contributed by atoms with Gasteiger partial charge in [0.2, 0.25) is 0 Å².